The molecule has 1 saturated heterocycles. The van der Waals surface area contributed by atoms with Crippen molar-refractivity contribution in [1.82, 2.24) is 10.2 Å². The van der Waals surface area contributed by atoms with E-state index in [4.69, 9.17) is 4.74 Å². The zero-order valence-corrected chi connectivity index (χ0v) is 14.1. The van der Waals surface area contributed by atoms with Gasteiger partial charge in [0.1, 0.15) is 6.61 Å². The molecule has 2 rings (SSSR count). The fourth-order valence-electron chi connectivity index (χ4n) is 2.36. The maximum Gasteiger partial charge on any atom is 0.407 e. The lowest BCUT2D eigenvalue weighted by molar-refractivity contribution is 0.131. The number of benzene rings is 1. The van der Waals surface area contributed by atoms with Gasteiger partial charge in [0.15, 0.2) is 0 Å². The van der Waals surface area contributed by atoms with Crippen molar-refractivity contribution in [3.8, 4) is 0 Å². The van der Waals surface area contributed by atoms with E-state index in [1.165, 1.54) is 5.69 Å². The van der Waals surface area contributed by atoms with E-state index in [9.17, 15) is 4.79 Å². The van der Waals surface area contributed by atoms with Gasteiger partial charge in [-0.25, -0.2) is 4.79 Å². The van der Waals surface area contributed by atoms with Gasteiger partial charge in [-0.2, -0.15) is 0 Å². The normalized spacial score (nSPS) is 16.5. The summed E-state index contributed by atoms with van der Waals surface area (Å²) in [6.45, 7) is 10.4. The number of hydrogen-bond acceptors (Lipinski definition) is 4. The molecule has 1 aliphatic rings. The molecule has 122 valence electrons. The Morgan fingerprint density at radius 1 is 1.14 bits per heavy atom. The van der Waals surface area contributed by atoms with Gasteiger partial charge in [0, 0.05) is 37.4 Å². The maximum atomic E-state index is 11.6. The Morgan fingerprint density at radius 3 is 2.27 bits per heavy atom. The Balaban J connectivity index is 1.83. The number of anilines is 1. The summed E-state index contributed by atoms with van der Waals surface area (Å²) in [5, 5.41) is 2.78. The topological polar surface area (TPSA) is 44.8 Å². The minimum atomic E-state index is -0.379. The molecular formula is C17H27N3O2. The number of nitrogens with zero attached hydrogens (tertiary/aromatic N) is 2. The van der Waals surface area contributed by atoms with Crippen LogP contribution in [0.3, 0.4) is 0 Å². The van der Waals surface area contributed by atoms with Crippen LogP contribution >= 0.6 is 0 Å². The van der Waals surface area contributed by atoms with E-state index in [0.717, 1.165) is 31.7 Å². The summed E-state index contributed by atoms with van der Waals surface area (Å²) < 4.78 is 5.23. The van der Waals surface area contributed by atoms with Crippen LogP contribution in [0, 0.1) is 0 Å². The number of carbonyl (C=O) groups is 1. The second kappa shape index (κ2) is 7.01. The van der Waals surface area contributed by atoms with Gasteiger partial charge in [0.05, 0.1) is 0 Å². The Bertz CT molecular complexity index is 486. The lowest BCUT2D eigenvalue weighted by Crippen LogP contribution is -2.44. The van der Waals surface area contributed by atoms with Gasteiger partial charge >= 0.3 is 6.09 Å². The molecule has 5 nitrogen and oxygen atoms in total. The number of nitrogens with one attached hydrogen (secondary N) is 1. The number of rotatable bonds is 3. The van der Waals surface area contributed by atoms with E-state index >= 15 is 0 Å². The van der Waals surface area contributed by atoms with Crippen molar-refractivity contribution < 1.29 is 9.53 Å². The highest BCUT2D eigenvalue weighted by atomic mass is 16.5. The van der Waals surface area contributed by atoms with Gasteiger partial charge in [-0.3, -0.25) is 0 Å². The number of piperazine rings is 1. The molecule has 0 spiro atoms. The number of amides is 1. The predicted octanol–water partition coefficient (Wildman–Crippen LogP) is 2.46. The van der Waals surface area contributed by atoms with Crippen LogP contribution in [0.15, 0.2) is 24.3 Å². The third-order valence-electron chi connectivity index (χ3n) is 3.65. The van der Waals surface area contributed by atoms with Crippen molar-refractivity contribution in [2.45, 2.75) is 32.9 Å². The fraction of sp³-hybridized carbons (Fsp3) is 0.588. The Morgan fingerprint density at radius 2 is 1.73 bits per heavy atom. The Kier molecular flexibility index (Phi) is 5.29. The lowest BCUT2D eigenvalue weighted by Gasteiger charge is -2.34. The Labute approximate surface area is 133 Å². The molecule has 1 amide bonds. The lowest BCUT2D eigenvalue weighted by atomic mass is 10.1. The standard InChI is InChI=1S/C17H27N3O2/c1-17(2,3)18-16(21)22-13-14-5-7-15(8-6-14)20-11-9-19(4)10-12-20/h5-8H,9-13H2,1-4H3,(H,18,21). The van der Waals surface area contributed by atoms with Crippen molar-refractivity contribution in [3.63, 3.8) is 0 Å². The SMILES string of the molecule is CN1CCN(c2ccc(COC(=O)NC(C)(C)C)cc2)CC1. The van der Waals surface area contributed by atoms with Crippen LogP contribution in [0.25, 0.3) is 0 Å². The quantitative estimate of drug-likeness (QED) is 0.932. The second-order valence-corrected chi connectivity index (χ2v) is 6.91. The van der Waals surface area contributed by atoms with Crippen LogP contribution in [-0.2, 0) is 11.3 Å². The summed E-state index contributed by atoms with van der Waals surface area (Å²) in [7, 11) is 2.15. The van der Waals surface area contributed by atoms with Crippen molar-refractivity contribution in [1.29, 1.82) is 0 Å². The fourth-order valence-corrected chi connectivity index (χ4v) is 2.36. The van der Waals surface area contributed by atoms with Crippen molar-refractivity contribution in [2.75, 3.05) is 38.1 Å². The monoisotopic (exact) mass is 305 g/mol. The summed E-state index contributed by atoms with van der Waals surface area (Å²) in [4.78, 5) is 16.4. The minimum absolute atomic E-state index is 0.275. The molecule has 1 aromatic rings. The molecule has 1 aliphatic heterocycles. The highest BCUT2D eigenvalue weighted by molar-refractivity contribution is 5.68. The zero-order chi connectivity index (χ0) is 16.2. The van der Waals surface area contributed by atoms with E-state index in [-0.39, 0.29) is 11.6 Å². The molecule has 1 heterocycles. The molecule has 1 aromatic carbocycles. The average molecular weight is 305 g/mol. The largest absolute Gasteiger partial charge is 0.445 e. The zero-order valence-electron chi connectivity index (χ0n) is 14.1. The van der Waals surface area contributed by atoms with Crippen molar-refractivity contribution in [3.05, 3.63) is 29.8 Å². The smallest absolute Gasteiger partial charge is 0.407 e. The highest BCUT2D eigenvalue weighted by Gasteiger charge is 2.15. The first-order valence-corrected chi connectivity index (χ1v) is 7.81. The van der Waals surface area contributed by atoms with Gasteiger partial charge in [0.25, 0.3) is 0 Å². The molecule has 5 heteroatoms. The van der Waals surface area contributed by atoms with Crippen LogP contribution in [0.2, 0.25) is 0 Å². The van der Waals surface area contributed by atoms with E-state index < -0.39 is 0 Å². The van der Waals surface area contributed by atoms with Crippen LogP contribution in [0.5, 0.6) is 0 Å². The van der Waals surface area contributed by atoms with Gasteiger partial charge < -0.3 is 19.9 Å². The van der Waals surface area contributed by atoms with Crippen LogP contribution in [0.4, 0.5) is 10.5 Å². The first kappa shape index (κ1) is 16.6. The van der Waals surface area contributed by atoms with E-state index in [2.05, 4.69) is 34.3 Å². The Hall–Kier alpha value is -1.75. The molecule has 1 fully saturated rings. The molecule has 0 aliphatic carbocycles. The van der Waals surface area contributed by atoms with Gasteiger partial charge in [0.2, 0.25) is 0 Å². The van der Waals surface area contributed by atoms with Crippen LogP contribution in [-0.4, -0.2) is 49.8 Å². The molecule has 0 unspecified atom stereocenters. The van der Waals surface area contributed by atoms with Crippen LogP contribution < -0.4 is 10.2 Å². The van der Waals surface area contributed by atoms with Gasteiger partial charge in [-0.1, -0.05) is 12.1 Å². The molecule has 0 radical (unpaired) electrons. The van der Waals surface area contributed by atoms with E-state index in [1.807, 2.05) is 32.9 Å². The number of ether oxygens (including phenoxy) is 1. The minimum Gasteiger partial charge on any atom is -0.445 e. The highest BCUT2D eigenvalue weighted by Crippen LogP contribution is 2.17. The van der Waals surface area contributed by atoms with Crippen molar-refractivity contribution >= 4 is 11.8 Å². The third kappa shape index (κ3) is 5.22. The average Bonchev–Trinajstić information content (AvgIpc) is 2.45. The number of carbonyl (C=O) groups excluding carboxylic acids is 1. The van der Waals surface area contributed by atoms with Gasteiger partial charge in [-0.05, 0) is 45.5 Å². The second-order valence-electron chi connectivity index (χ2n) is 6.91. The molecule has 0 saturated carbocycles. The van der Waals surface area contributed by atoms with Crippen molar-refractivity contribution in [2.24, 2.45) is 0 Å². The van der Waals surface area contributed by atoms with Crippen LogP contribution in [0.1, 0.15) is 26.3 Å². The summed E-state index contributed by atoms with van der Waals surface area (Å²) in [6, 6.07) is 8.26. The molecular weight excluding hydrogens is 278 g/mol. The molecule has 22 heavy (non-hydrogen) atoms. The first-order chi connectivity index (χ1) is 10.3. The number of alkyl carbamates (subject to hydrolysis) is 1. The molecule has 0 atom stereocenters. The summed E-state index contributed by atoms with van der Waals surface area (Å²) >= 11 is 0. The summed E-state index contributed by atoms with van der Waals surface area (Å²) in [5.74, 6) is 0. The van der Waals surface area contributed by atoms with E-state index in [1.54, 1.807) is 0 Å². The number of hydrogen-bond donors (Lipinski definition) is 1. The van der Waals surface area contributed by atoms with Gasteiger partial charge in [-0.15, -0.1) is 0 Å². The van der Waals surface area contributed by atoms with E-state index in [0.29, 0.717) is 6.61 Å². The third-order valence-corrected chi connectivity index (χ3v) is 3.65. The predicted molar refractivity (Wildman–Crippen MR) is 89.2 cm³/mol. The molecule has 0 aromatic heterocycles. The summed E-state index contributed by atoms with van der Waals surface area (Å²) in [5.41, 5.74) is 1.96. The molecule has 0 bridgehead atoms. The number of likely N-dealkylation sites (N-methyl/N-ethyl adjacent to an activating group) is 1. The molecule has 1 N–H and O–H groups in total. The summed E-state index contributed by atoms with van der Waals surface area (Å²) in [6.07, 6.45) is -0.379. The maximum absolute atomic E-state index is 11.6. The first-order valence-electron chi connectivity index (χ1n) is 7.81.